The third-order valence-electron chi connectivity index (χ3n) is 7.08. The first kappa shape index (κ1) is 22.8. The van der Waals surface area contributed by atoms with Crippen molar-refractivity contribution in [1.82, 2.24) is 20.2 Å². The Balaban J connectivity index is 1.09. The Morgan fingerprint density at radius 2 is 1.94 bits per heavy atom. The standard InChI is InChI=1S/C23H34N4O5/c1-22(4-5-22)32-21(30)27-9-6-23(7-10-27)13-17(14-23)3-2-12-31-19-16-25-18(15-26-19)20(29)24-8-11-28/h15-17,28H,2-14H2,1H3,(H,24,29). The number of nitrogens with one attached hydrogen (secondary N) is 1. The lowest BCUT2D eigenvalue weighted by Gasteiger charge is -2.52. The van der Waals surface area contributed by atoms with Gasteiger partial charge in [0.15, 0.2) is 0 Å². The normalized spacial score (nSPS) is 21.0. The minimum absolute atomic E-state index is 0.116. The summed E-state index contributed by atoms with van der Waals surface area (Å²) in [5.74, 6) is 0.774. The number of nitrogens with zero attached hydrogens (tertiary/aromatic N) is 3. The van der Waals surface area contributed by atoms with Crippen molar-refractivity contribution in [3.63, 3.8) is 0 Å². The van der Waals surface area contributed by atoms with Crippen LogP contribution in [0.2, 0.25) is 0 Å². The maximum atomic E-state index is 12.3. The van der Waals surface area contributed by atoms with E-state index in [1.54, 1.807) is 0 Å². The molecule has 1 saturated heterocycles. The highest BCUT2D eigenvalue weighted by molar-refractivity contribution is 5.91. The smallest absolute Gasteiger partial charge is 0.410 e. The molecular formula is C23H34N4O5. The van der Waals surface area contributed by atoms with E-state index in [1.807, 2.05) is 11.8 Å². The molecule has 1 aromatic heterocycles. The molecule has 9 nitrogen and oxygen atoms in total. The molecule has 2 aliphatic carbocycles. The summed E-state index contributed by atoms with van der Waals surface area (Å²) in [6.07, 6.45) is 11.4. The number of carbonyl (C=O) groups excluding carboxylic acids is 2. The molecule has 0 atom stereocenters. The zero-order valence-corrected chi connectivity index (χ0v) is 18.8. The molecular weight excluding hydrogens is 412 g/mol. The third-order valence-corrected chi connectivity index (χ3v) is 7.08. The van der Waals surface area contributed by atoms with E-state index in [2.05, 4.69) is 15.3 Å². The van der Waals surface area contributed by atoms with Crippen molar-refractivity contribution in [1.29, 1.82) is 0 Å². The summed E-state index contributed by atoms with van der Waals surface area (Å²) in [6.45, 7) is 4.29. The third kappa shape index (κ3) is 5.68. The van der Waals surface area contributed by atoms with Gasteiger partial charge in [-0.3, -0.25) is 4.79 Å². The molecule has 1 spiro atoms. The summed E-state index contributed by atoms with van der Waals surface area (Å²) in [7, 11) is 0. The van der Waals surface area contributed by atoms with E-state index in [0.29, 0.717) is 17.9 Å². The molecule has 0 bridgehead atoms. The minimum Gasteiger partial charge on any atom is -0.477 e. The van der Waals surface area contributed by atoms with Crippen LogP contribution in [0.25, 0.3) is 0 Å². The average Bonchev–Trinajstić information content (AvgIpc) is 3.50. The van der Waals surface area contributed by atoms with Gasteiger partial charge in [-0.2, -0.15) is 0 Å². The quantitative estimate of drug-likeness (QED) is 0.560. The molecule has 2 amide bonds. The van der Waals surface area contributed by atoms with Gasteiger partial charge in [0.2, 0.25) is 5.88 Å². The van der Waals surface area contributed by atoms with Gasteiger partial charge in [0.05, 0.1) is 25.6 Å². The maximum Gasteiger partial charge on any atom is 0.410 e. The lowest BCUT2D eigenvalue weighted by Crippen LogP contribution is -2.49. The Kier molecular flexibility index (Phi) is 6.83. The number of amides is 2. The van der Waals surface area contributed by atoms with E-state index < -0.39 is 0 Å². The second-order valence-electron chi connectivity index (χ2n) is 9.79. The number of carbonyl (C=O) groups is 2. The van der Waals surface area contributed by atoms with Crippen molar-refractivity contribution < 1.29 is 24.2 Å². The fourth-order valence-electron chi connectivity index (χ4n) is 4.81. The van der Waals surface area contributed by atoms with E-state index in [0.717, 1.165) is 57.5 Å². The number of aliphatic hydroxyl groups is 1. The molecule has 0 radical (unpaired) electrons. The summed E-state index contributed by atoms with van der Waals surface area (Å²) in [5, 5.41) is 11.3. The first-order valence-electron chi connectivity index (χ1n) is 11.7. The molecule has 4 rings (SSSR count). The van der Waals surface area contributed by atoms with E-state index in [9.17, 15) is 9.59 Å². The lowest BCUT2D eigenvalue weighted by atomic mass is 9.56. The van der Waals surface area contributed by atoms with Gasteiger partial charge in [0, 0.05) is 19.6 Å². The molecule has 2 heterocycles. The van der Waals surface area contributed by atoms with Crippen molar-refractivity contribution in [2.75, 3.05) is 32.8 Å². The molecule has 32 heavy (non-hydrogen) atoms. The Morgan fingerprint density at radius 3 is 2.56 bits per heavy atom. The van der Waals surface area contributed by atoms with E-state index >= 15 is 0 Å². The first-order chi connectivity index (χ1) is 15.4. The molecule has 176 valence electrons. The van der Waals surface area contributed by atoms with Crippen LogP contribution in [0.3, 0.4) is 0 Å². The number of aliphatic hydroxyl groups excluding tert-OH is 1. The number of hydrogen-bond donors (Lipinski definition) is 2. The van der Waals surface area contributed by atoms with E-state index in [-0.39, 0.29) is 36.4 Å². The molecule has 3 aliphatic rings. The van der Waals surface area contributed by atoms with Crippen molar-refractivity contribution in [2.45, 2.75) is 63.9 Å². The maximum absolute atomic E-state index is 12.3. The second kappa shape index (κ2) is 9.60. The Morgan fingerprint density at radius 1 is 1.19 bits per heavy atom. The van der Waals surface area contributed by atoms with E-state index in [1.165, 1.54) is 25.2 Å². The molecule has 0 unspecified atom stereocenters. The summed E-state index contributed by atoms with van der Waals surface area (Å²) >= 11 is 0. The van der Waals surface area contributed by atoms with Gasteiger partial charge >= 0.3 is 6.09 Å². The van der Waals surface area contributed by atoms with Gasteiger partial charge in [-0.05, 0) is 69.6 Å². The van der Waals surface area contributed by atoms with Gasteiger partial charge < -0.3 is 24.8 Å². The van der Waals surface area contributed by atoms with Crippen molar-refractivity contribution in [3.05, 3.63) is 18.1 Å². The molecule has 2 N–H and O–H groups in total. The number of piperidine rings is 1. The molecule has 2 saturated carbocycles. The van der Waals surface area contributed by atoms with Crippen LogP contribution in [0.15, 0.2) is 12.4 Å². The zero-order chi connectivity index (χ0) is 22.6. The predicted octanol–water partition coefficient (Wildman–Crippen LogP) is 2.54. The van der Waals surface area contributed by atoms with Gasteiger partial charge in [-0.15, -0.1) is 0 Å². The largest absolute Gasteiger partial charge is 0.477 e. The molecule has 1 aromatic rings. The summed E-state index contributed by atoms with van der Waals surface area (Å²) in [4.78, 5) is 34.1. The summed E-state index contributed by atoms with van der Waals surface area (Å²) in [6, 6.07) is 0. The van der Waals surface area contributed by atoms with Gasteiger partial charge in [-0.25, -0.2) is 14.8 Å². The number of ether oxygens (including phenoxy) is 2. The summed E-state index contributed by atoms with van der Waals surface area (Å²) < 4.78 is 11.3. The van der Waals surface area contributed by atoms with E-state index in [4.69, 9.17) is 14.6 Å². The van der Waals surface area contributed by atoms with Crippen LogP contribution in [0.1, 0.15) is 68.8 Å². The van der Waals surface area contributed by atoms with Crippen LogP contribution < -0.4 is 10.1 Å². The molecule has 1 aliphatic heterocycles. The molecule has 9 heteroatoms. The summed E-state index contributed by atoms with van der Waals surface area (Å²) in [5.41, 5.74) is 0.425. The van der Waals surface area contributed by atoms with Gasteiger partial charge in [-0.1, -0.05) is 0 Å². The van der Waals surface area contributed by atoms with Crippen molar-refractivity contribution in [3.8, 4) is 5.88 Å². The fourth-order valence-corrected chi connectivity index (χ4v) is 4.81. The minimum atomic E-state index is -0.364. The highest BCUT2D eigenvalue weighted by atomic mass is 16.6. The Hall–Kier alpha value is -2.42. The van der Waals surface area contributed by atoms with Crippen molar-refractivity contribution >= 4 is 12.0 Å². The van der Waals surface area contributed by atoms with Gasteiger partial charge in [0.25, 0.3) is 5.91 Å². The average molecular weight is 447 g/mol. The fraction of sp³-hybridized carbons (Fsp3) is 0.739. The highest BCUT2D eigenvalue weighted by Crippen LogP contribution is 2.54. The monoisotopic (exact) mass is 446 g/mol. The Labute approximate surface area is 188 Å². The van der Waals surface area contributed by atoms with Gasteiger partial charge in [0.1, 0.15) is 11.3 Å². The van der Waals surface area contributed by atoms with Crippen LogP contribution in [-0.4, -0.2) is 70.4 Å². The zero-order valence-electron chi connectivity index (χ0n) is 18.8. The van der Waals surface area contributed by atoms with Crippen LogP contribution in [0.5, 0.6) is 5.88 Å². The number of hydrogen-bond acceptors (Lipinski definition) is 7. The number of likely N-dealkylation sites (tertiary alicyclic amines) is 1. The molecule has 3 fully saturated rings. The highest BCUT2D eigenvalue weighted by Gasteiger charge is 2.47. The lowest BCUT2D eigenvalue weighted by molar-refractivity contribution is -0.0232. The van der Waals surface area contributed by atoms with Crippen LogP contribution in [-0.2, 0) is 4.74 Å². The van der Waals surface area contributed by atoms with Crippen LogP contribution in [0, 0.1) is 11.3 Å². The SMILES string of the molecule is CC1(OC(=O)N2CCC3(CC2)CC(CCCOc2cnc(C(=O)NCCO)cn2)C3)CC1. The first-order valence-corrected chi connectivity index (χ1v) is 11.7. The molecule has 0 aromatic carbocycles. The van der Waals surface area contributed by atoms with Crippen LogP contribution in [0.4, 0.5) is 4.79 Å². The topological polar surface area (TPSA) is 114 Å². The predicted molar refractivity (Wildman–Crippen MR) is 116 cm³/mol. The Bertz CT molecular complexity index is 795. The number of aromatic nitrogens is 2. The second-order valence-corrected chi connectivity index (χ2v) is 9.79. The number of rotatable bonds is 9. The van der Waals surface area contributed by atoms with Crippen molar-refractivity contribution in [2.24, 2.45) is 11.3 Å². The van der Waals surface area contributed by atoms with Crippen LogP contribution >= 0.6 is 0 Å².